The van der Waals surface area contributed by atoms with E-state index in [1.165, 1.54) is 6.33 Å². The van der Waals surface area contributed by atoms with Gasteiger partial charge in [0.2, 0.25) is 0 Å². The number of piperidine rings is 1. The number of nitrogens with one attached hydrogen (secondary N) is 2. The Labute approximate surface area is 147 Å². The molecule has 1 aliphatic rings. The second-order valence-corrected chi connectivity index (χ2v) is 6.78. The molecule has 25 heavy (non-hydrogen) atoms. The summed E-state index contributed by atoms with van der Waals surface area (Å²) >= 11 is 0. The third kappa shape index (κ3) is 4.33. The molecule has 2 heterocycles. The molecule has 8 heteroatoms. The highest BCUT2D eigenvalue weighted by Crippen LogP contribution is 2.21. The van der Waals surface area contributed by atoms with Crippen molar-refractivity contribution >= 4 is 11.7 Å². The van der Waals surface area contributed by atoms with Crippen LogP contribution in [0.2, 0.25) is 0 Å². The molecule has 1 fully saturated rings. The average molecular weight is 343 g/mol. The Morgan fingerprint density at radius 2 is 2.08 bits per heavy atom. The molecule has 1 aromatic heterocycles. The molecule has 2 aromatic rings. The third-order valence-electron chi connectivity index (χ3n) is 4.91. The summed E-state index contributed by atoms with van der Waals surface area (Å²) < 4.78 is 1.56. The highest BCUT2D eigenvalue weighted by Gasteiger charge is 2.23. The second-order valence-electron chi connectivity index (χ2n) is 6.78. The first kappa shape index (κ1) is 17.3. The van der Waals surface area contributed by atoms with Gasteiger partial charge in [-0.25, -0.2) is 9.48 Å². The molecule has 8 nitrogen and oxygen atoms in total. The predicted octanol–water partition coefficient (Wildman–Crippen LogP) is 1.82. The Bertz CT molecular complexity index is 708. The highest BCUT2D eigenvalue weighted by molar-refractivity contribution is 5.90. The lowest BCUT2D eigenvalue weighted by Crippen LogP contribution is -2.44. The lowest BCUT2D eigenvalue weighted by Gasteiger charge is -2.33. The largest absolute Gasteiger partial charge is 0.335 e. The molecule has 1 aliphatic heterocycles. The van der Waals surface area contributed by atoms with Crippen molar-refractivity contribution in [3.05, 3.63) is 30.1 Å². The molecule has 0 bridgehead atoms. The van der Waals surface area contributed by atoms with Gasteiger partial charge in [-0.3, -0.25) is 0 Å². The number of hydrogen-bond acceptors (Lipinski definition) is 5. The fourth-order valence-corrected chi connectivity index (χ4v) is 3.18. The van der Waals surface area contributed by atoms with Gasteiger partial charge in [0.15, 0.2) is 0 Å². The van der Waals surface area contributed by atoms with Crippen LogP contribution in [-0.4, -0.2) is 57.3 Å². The van der Waals surface area contributed by atoms with Crippen LogP contribution in [0.3, 0.4) is 0 Å². The summed E-state index contributed by atoms with van der Waals surface area (Å²) in [7, 11) is 2.14. The number of urea groups is 1. The summed E-state index contributed by atoms with van der Waals surface area (Å²) in [5.41, 5.74) is 2.54. The number of carbonyl (C=O) groups excluding carboxylic acids is 1. The van der Waals surface area contributed by atoms with Gasteiger partial charge in [0.05, 0.1) is 5.69 Å². The van der Waals surface area contributed by atoms with Crippen LogP contribution in [0.1, 0.15) is 25.3 Å². The molecule has 0 aliphatic carbocycles. The normalized spacial score (nSPS) is 17.2. The molecule has 134 valence electrons. The fourth-order valence-electron chi connectivity index (χ4n) is 3.18. The van der Waals surface area contributed by atoms with Gasteiger partial charge in [-0.15, -0.1) is 5.10 Å². The minimum Gasteiger partial charge on any atom is -0.335 e. The van der Waals surface area contributed by atoms with E-state index in [2.05, 4.69) is 45.0 Å². The van der Waals surface area contributed by atoms with Crippen molar-refractivity contribution in [2.75, 3.05) is 25.5 Å². The Morgan fingerprint density at radius 1 is 1.32 bits per heavy atom. The maximum Gasteiger partial charge on any atom is 0.319 e. The fraction of sp³-hybridized carbons (Fsp3) is 0.529. The van der Waals surface area contributed by atoms with Gasteiger partial charge in [0.25, 0.3) is 0 Å². The number of rotatable bonds is 4. The predicted molar refractivity (Wildman–Crippen MR) is 95.7 cm³/mol. The third-order valence-corrected chi connectivity index (χ3v) is 4.91. The Kier molecular flexibility index (Phi) is 5.28. The molecule has 2 N–H and O–H groups in total. The van der Waals surface area contributed by atoms with E-state index >= 15 is 0 Å². The van der Waals surface area contributed by atoms with Crippen molar-refractivity contribution in [3.8, 4) is 5.69 Å². The first-order valence-electron chi connectivity index (χ1n) is 8.63. The molecule has 0 saturated carbocycles. The van der Waals surface area contributed by atoms with E-state index in [0.717, 1.165) is 42.9 Å². The zero-order chi connectivity index (χ0) is 17.8. The van der Waals surface area contributed by atoms with Gasteiger partial charge >= 0.3 is 6.03 Å². The van der Waals surface area contributed by atoms with Crippen LogP contribution in [-0.2, 0) is 0 Å². The van der Waals surface area contributed by atoms with Crippen LogP contribution in [0.4, 0.5) is 10.5 Å². The number of tetrazole rings is 1. The van der Waals surface area contributed by atoms with E-state index in [1.54, 1.807) is 4.68 Å². The molecule has 2 amide bonds. The summed E-state index contributed by atoms with van der Waals surface area (Å²) in [4.78, 5) is 14.7. The van der Waals surface area contributed by atoms with E-state index in [9.17, 15) is 4.79 Å². The molecular formula is C17H25N7O. The van der Waals surface area contributed by atoms with Crippen molar-refractivity contribution in [2.24, 2.45) is 5.92 Å². The molecule has 3 rings (SSSR count). The molecule has 1 atom stereocenters. The van der Waals surface area contributed by atoms with Crippen molar-refractivity contribution in [3.63, 3.8) is 0 Å². The van der Waals surface area contributed by atoms with Gasteiger partial charge in [-0.2, -0.15) is 0 Å². The minimum atomic E-state index is -0.177. The summed E-state index contributed by atoms with van der Waals surface area (Å²) in [6.07, 6.45) is 3.76. The highest BCUT2D eigenvalue weighted by atomic mass is 16.2. The number of anilines is 1. The monoisotopic (exact) mass is 343 g/mol. The Morgan fingerprint density at radius 3 is 2.76 bits per heavy atom. The van der Waals surface area contributed by atoms with Crippen LogP contribution in [0.5, 0.6) is 0 Å². The minimum absolute atomic E-state index is 0.150. The van der Waals surface area contributed by atoms with Gasteiger partial charge < -0.3 is 15.5 Å². The van der Waals surface area contributed by atoms with E-state index in [-0.39, 0.29) is 12.1 Å². The maximum absolute atomic E-state index is 12.4. The van der Waals surface area contributed by atoms with Crippen molar-refractivity contribution in [1.29, 1.82) is 0 Å². The summed E-state index contributed by atoms with van der Waals surface area (Å²) in [5.74, 6) is 0.524. The lowest BCUT2D eigenvalue weighted by atomic mass is 9.90. The quantitative estimate of drug-likeness (QED) is 0.884. The summed E-state index contributed by atoms with van der Waals surface area (Å²) in [6, 6.07) is 5.69. The topological polar surface area (TPSA) is 88.0 Å². The van der Waals surface area contributed by atoms with Crippen LogP contribution in [0.25, 0.3) is 5.69 Å². The van der Waals surface area contributed by atoms with Gasteiger partial charge in [0.1, 0.15) is 6.33 Å². The van der Waals surface area contributed by atoms with E-state index in [4.69, 9.17) is 0 Å². The van der Waals surface area contributed by atoms with E-state index in [1.807, 2.05) is 25.1 Å². The van der Waals surface area contributed by atoms with Crippen LogP contribution in [0, 0.1) is 12.8 Å². The van der Waals surface area contributed by atoms with Crippen molar-refractivity contribution in [2.45, 2.75) is 32.7 Å². The SMILES string of the molecule is Cc1ccc(-n2cnnn2)cc1NC(=O)N[C@@H](C)C1CCN(C)CC1. The number of benzene rings is 1. The molecule has 0 spiro atoms. The number of carbonyl (C=O) groups is 1. The zero-order valence-corrected chi connectivity index (χ0v) is 14.9. The van der Waals surface area contributed by atoms with E-state index < -0.39 is 0 Å². The van der Waals surface area contributed by atoms with Crippen LogP contribution >= 0.6 is 0 Å². The number of aromatic nitrogens is 4. The summed E-state index contributed by atoms with van der Waals surface area (Å²) in [6.45, 7) is 6.22. The zero-order valence-electron chi connectivity index (χ0n) is 14.9. The number of aryl methyl sites for hydroxylation is 1. The van der Waals surface area contributed by atoms with E-state index in [0.29, 0.717) is 5.92 Å². The van der Waals surface area contributed by atoms with Crippen molar-refractivity contribution < 1.29 is 4.79 Å². The van der Waals surface area contributed by atoms with Gasteiger partial charge in [-0.1, -0.05) is 6.07 Å². The lowest BCUT2D eigenvalue weighted by molar-refractivity contribution is 0.189. The number of amides is 2. The Hall–Kier alpha value is -2.48. The molecule has 0 radical (unpaired) electrons. The number of nitrogens with zero attached hydrogens (tertiary/aromatic N) is 5. The molecular weight excluding hydrogens is 318 g/mol. The smallest absolute Gasteiger partial charge is 0.319 e. The first-order chi connectivity index (χ1) is 12.0. The van der Waals surface area contributed by atoms with Crippen LogP contribution in [0.15, 0.2) is 24.5 Å². The summed E-state index contributed by atoms with van der Waals surface area (Å²) in [5, 5.41) is 17.2. The maximum atomic E-state index is 12.4. The van der Waals surface area contributed by atoms with Gasteiger partial charge in [-0.05, 0) is 80.9 Å². The average Bonchev–Trinajstić information content (AvgIpc) is 3.12. The van der Waals surface area contributed by atoms with Gasteiger partial charge in [0, 0.05) is 11.7 Å². The standard InChI is InChI=1S/C17H25N7O/c1-12-4-5-15(24-11-18-21-22-24)10-16(12)20-17(25)19-13(2)14-6-8-23(3)9-7-14/h4-5,10-11,13-14H,6-9H2,1-3H3,(H2,19,20,25)/t13-/m0/s1. The van der Waals surface area contributed by atoms with Crippen molar-refractivity contribution in [1.82, 2.24) is 30.4 Å². The number of likely N-dealkylation sites (tertiary alicyclic amines) is 1. The molecule has 0 unspecified atom stereocenters. The van der Waals surface area contributed by atoms with Crippen LogP contribution < -0.4 is 10.6 Å². The molecule has 1 saturated heterocycles. The molecule has 1 aromatic carbocycles. The Balaban J connectivity index is 1.61. The number of hydrogen-bond donors (Lipinski definition) is 2. The first-order valence-corrected chi connectivity index (χ1v) is 8.63. The second kappa shape index (κ2) is 7.60.